The van der Waals surface area contributed by atoms with Crippen molar-refractivity contribution in [3.05, 3.63) is 0 Å². The molecular formula is C8H17Br. The van der Waals surface area contributed by atoms with Crippen molar-refractivity contribution in [2.24, 2.45) is 0 Å². The van der Waals surface area contributed by atoms with Gasteiger partial charge >= 0.3 is 0 Å². The number of hydrogen-bond acceptors (Lipinski definition) is 0. The Bertz CT molecular complexity index is 474. The number of alkyl halides is 1. The first-order chi connectivity index (χ1) is 10.8. The highest BCUT2D eigenvalue weighted by Gasteiger charge is 1.86. The fourth-order valence-electron chi connectivity index (χ4n) is 0.149. The Morgan fingerprint density at radius 2 is 1.89 bits per heavy atom. The van der Waals surface area contributed by atoms with E-state index in [1.807, 2.05) is 0 Å². The van der Waals surface area contributed by atoms with Crippen molar-refractivity contribution < 1.29 is 23.3 Å². The van der Waals surface area contributed by atoms with Crippen LogP contribution in [0, 0.1) is 0 Å². The maximum Gasteiger partial charge on any atom is 0.0387 e. The average Bonchev–Trinajstić information content (AvgIpc) is 2.34. The third-order valence-electron chi connectivity index (χ3n) is 0.360. The van der Waals surface area contributed by atoms with Gasteiger partial charge in [-0.15, -0.1) is 0 Å². The van der Waals surface area contributed by atoms with Crippen LogP contribution in [0.15, 0.2) is 0 Å². The van der Waals surface area contributed by atoms with Crippen molar-refractivity contribution >= 4 is 15.9 Å². The molecule has 0 radical (unpaired) electrons. The Kier molecular flexibility index (Phi) is 0.989. The topological polar surface area (TPSA) is 0 Å². The van der Waals surface area contributed by atoms with Crippen molar-refractivity contribution in [2.45, 2.75) is 45.1 Å². The molecule has 0 atom stereocenters. The molecule has 0 aliphatic carbocycles. The number of halogens is 1. The van der Waals surface area contributed by atoms with Gasteiger partial charge in [0, 0.05) is 28.6 Å². The summed E-state index contributed by atoms with van der Waals surface area (Å²) in [6.45, 7) is -3.75. The van der Waals surface area contributed by atoms with Gasteiger partial charge in [-0.25, -0.2) is 0 Å². The third-order valence-corrected chi connectivity index (χ3v) is 0.558. The van der Waals surface area contributed by atoms with E-state index in [9.17, 15) is 0 Å². The highest BCUT2D eigenvalue weighted by molar-refractivity contribution is 9.09. The van der Waals surface area contributed by atoms with Gasteiger partial charge in [-0.2, -0.15) is 0 Å². The fraction of sp³-hybridized carbons (Fsp3) is 1.00. The Balaban J connectivity index is 6.61. The molecule has 0 aromatic heterocycles. The van der Waals surface area contributed by atoms with Crippen LogP contribution in [-0.4, -0.2) is 5.28 Å². The van der Waals surface area contributed by atoms with Crippen molar-refractivity contribution in [1.29, 1.82) is 0 Å². The summed E-state index contributed by atoms with van der Waals surface area (Å²) in [6.07, 6.45) is -24.4. The van der Waals surface area contributed by atoms with Gasteiger partial charge in [-0.1, -0.05) is 54.6 Å². The molecule has 0 aliphatic heterocycles. The van der Waals surface area contributed by atoms with Crippen LogP contribution >= 0.6 is 15.9 Å². The summed E-state index contributed by atoms with van der Waals surface area (Å²) in [7, 11) is 0. The summed E-state index contributed by atoms with van der Waals surface area (Å²) in [5.74, 6) is 0. The summed E-state index contributed by atoms with van der Waals surface area (Å²) in [5, 5.41) is -3.22. The van der Waals surface area contributed by atoms with Crippen LogP contribution in [0.1, 0.15) is 68.4 Å². The summed E-state index contributed by atoms with van der Waals surface area (Å²) in [6, 6.07) is 0. The lowest BCUT2D eigenvalue weighted by Crippen LogP contribution is -1.78. The zero-order chi connectivity index (χ0) is 22.0. The van der Waals surface area contributed by atoms with E-state index in [-0.39, 0.29) is 0 Å². The third kappa shape index (κ3) is 8.48. The molecule has 0 unspecified atom stereocenters. The standard InChI is InChI=1S/C8H17Br/c1-2-3-4-5-6-7-8-9/h2-8H2,1H3/i1D3,2D2,3D2,4D2,5D2,6D2,7D2,8D2. The predicted molar refractivity (Wildman–Crippen MR) is 47.2 cm³/mol. The normalized spacial score (nSPS) is 50.6. The Labute approximate surface area is 91.0 Å². The van der Waals surface area contributed by atoms with Gasteiger partial charge < -0.3 is 0 Å². The summed E-state index contributed by atoms with van der Waals surface area (Å²) >= 11 is 2.19. The van der Waals surface area contributed by atoms with Gasteiger partial charge in [0.1, 0.15) is 0 Å². The highest BCUT2D eigenvalue weighted by atomic mass is 79.9. The summed E-state index contributed by atoms with van der Waals surface area (Å²) in [4.78, 5) is 0. The smallest absolute Gasteiger partial charge is 0.0387 e. The molecule has 0 aliphatic rings. The minimum Gasteiger partial charge on any atom is -0.0928 e. The zero-order valence-electron chi connectivity index (χ0n) is 21.4. The molecule has 0 aromatic rings. The molecule has 0 fully saturated rings. The van der Waals surface area contributed by atoms with Crippen LogP contribution in [0.4, 0.5) is 0 Å². The van der Waals surface area contributed by atoms with E-state index >= 15 is 0 Å². The molecule has 0 saturated heterocycles. The molecule has 0 N–H and O–H groups in total. The SMILES string of the molecule is [2H]C([2H])([2H])C([2H])([2H])C([2H])([2H])C([2H])([2H])C([2H])([2H])C([2H])([2H])C([2H])([2H])C([2H])([2H])Br. The van der Waals surface area contributed by atoms with Crippen LogP contribution in [0.3, 0.4) is 0 Å². The lowest BCUT2D eigenvalue weighted by molar-refractivity contribution is 0.628. The van der Waals surface area contributed by atoms with Gasteiger partial charge in [0.25, 0.3) is 0 Å². The van der Waals surface area contributed by atoms with Crippen LogP contribution < -0.4 is 0 Å². The van der Waals surface area contributed by atoms with Crippen LogP contribution in [0.25, 0.3) is 0 Å². The second-order valence-corrected chi connectivity index (χ2v) is 1.24. The zero-order valence-corrected chi connectivity index (χ0v) is 5.96. The molecule has 1 heteroatoms. The van der Waals surface area contributed by atoms with E-state index in [0.29, 0.717) is 0 Å². The quantitative estimate of drug-likeness (QED) is 0.586. The molecule has 0 bridgehead atoms. The average molecular weight is 210 g/mol. The molecule has 9 heavy (non-hydrogen) atoms. The number of rotatable bonds is 6. The van der Waals surface area contributed by atoms with E-state index in [2.05, 4.69) is 15.9 Å². The summed E-state index contributed by atoms with van der Waals surface area (Å²) < 4.78 is 127. The summed E-state index contributed by atoms with van der Waals surface area (Å²) in [5.41, 5.74) is 0. The van der Waals surface area contributed by atoms with Crippen LogP contribution in [0.2, 0.25) is 0 Å². The first-order valence-electron chi connectivity index (χ1n) is 10.4. The predicted octanol–water partition coefficient (Wildman–Crippen LogP) is 3.74. The molecule has 0 heterocycles. The van der Waals surface area contributed by atoms with Crippen molar-refractivity contribution in [2.75, 3.05) is 5.28 Å². The highest BCUT2D eigenvalue weighted by Crippen LogP contribution is 2.05. The second-order valence-electron chi connectivity index (χ2n) is 0.844. The molecule has 0 spiro atoms. The monoisotopic (exact) mass is 209 g/mol. The van der Waals surface area contributed by atoms with Crippen molar-refractivity contribution in [3.8, 4) is 0 Å². The van der Waals surface area contributed by atoms with Crippen LogP contribution in [-0.2, 0) is 0 Å². The van der Waals surface area contributed by atoms with Gasteiger partial charge in [0.15, 0.2) is 0 Å². The maximum atomic E-state index is 7.71. The Morgan fingerprint density at radius 1 is 1.22 bits per heavy atom. The fourth-order valence-corrected chi connectivity index (χ4v) is 0.248. The van der Waals surface area contributed by atoms with Crippen molar-refractivity contribution in [1.82, 2.24) is 0 Å². The first-order valence-corrected chi connectivity index (χ1v) is 2.73. The molecule has 56 valence electrons. The number of hydrogen-bond donors (Lipinski definition) is 0. The van der Waals surface area contributed by atoms with E-state index in [1.54, 1.807) is 0 Å². The van der Waals surface area contributed by atoms with Gasteiger partial charge in [0.2, 0.25) is 0 Å². The second kappa shape index (κ2) is 8.48. The largest absolute Gasteiger partial charge is 0.0928 e. The van der Waals surface area contributed by atoms with Crippen molar-refractivity contribution in [3.63, 3.8) is 0 Å². The van der Waals surface area contributed by atoms with Crippen LogP contribution in [0.5, 0.6) is 0 Å². The Hall–Kier alpha value is 0.480. The molecule has 0 nitrogen and oxygen atoms in total. The van der Waals surface area contributed by atoms with E-state index < -0.39 is 50.4 Å². The van der Waals surface area contributed by atoms with E-state index in [0.717, 1.165) is 0 Å². The molecule has 0 aromatic carbocycles. The first kappa shape index (κ1) is 1.05. The minimum atomic E-state index is -4.23. The molecule has 0 rings (SSSR count). The van der Waals surface area contributed by atoms with E-state index in [4.69, 9.17) is 23.3 Å². The maximum absolute atomic E-state index is 7.71. The lowest BCUT2D eigenvalue weighted by atomic mass is 10.1. The molecular weight excluding hydrogens is 176 g/mol. The molecule has 0 amide bonds. The van der Waals surface area contributed by atoms with E-state index in [1.165, 1.54) is 0 Å². The van der Waals surface area contributed by atoms with Gasteiger partial charge in [0.05, 0.1) is 0 Å². The van der Waals surface area contributed by atoms with Gasteiger partial charge in [-0.05, 0) is 6.37 Å². The van der Waals surface area contributed by atoms with Gasteiger partial charge in [-0.3, -0.25) is 0 Å². The Morgan fingerprint density at radius 3 is 2.56 bits per heavy atom. The lowest BCUT2D eigenvalue weighted by Gasteiger charge is -1.95. The minimum absolute atomic E-state index is 2.19. The molecule has 0 saturated carbocycles.